The normalized spacial score (nSPS) is 15.3. The number of nitrogens with one attached hydrogen (secondary N) is 1. The van der Waals surface area contributed by atoms with Crippen LogP contribution < -0.4 is 19.7 Å². The van der Waals surface area contributed by atoms with E-state index in [1.165, 1.54) is 7.11 Å². The van der Waals surface area contributed by atoms with Gasteiger partial charge in [-0.1, -0.05) is 25.1 Å². The predicted molar refractivity (Wildman–Crippen MR) is 127 cm³/mol. The van der Waals surface area contributed by atoms with E-state index in [0.29, 0.717) is 30.2 Å². The molecule has 1 atom stereocenters. The summed E-state index contributed by atoms with van der Waals surface area (Å²) < 4.78 is 10.6. The Morgan fingerprint density at radius 1 is 1.12 bits per heavy atom. The first-order chi connectivity index (χ1) is 15.9. The summed E-state index contributed by atoms with van der Waals surface area (Å²) in [5, 5.41) is 2.88. The number of amides is 3. The molecule has 0 spiro atoms. The van der Waals surface area contributed by atoms with Crippen molar-refractivity contribution in [3.63, 3.8) is 0 Å². The smallest absolute Gasteiger partial charge is 0.244 e. The van der Waals surface area contributed by atoms with Gasteiger partial charge in [0, 0.05) is 37.0 Å². The van der Waals surface area contributed by atoms with Crippen molar-refractivity contribution < 1.29 is 23.9 Å². The van der Waals surface area contributed by atoms with Crippen LogP contribution in [0.1, 0.15) is 25.3 Å². The number of hydrogen-bond donors (Lipinski definition) is 1. The van der Waals surface area contributed by atoms with Gasteiger partial charge in [-0.3, -0.25) is 14.4 Å². The summed E-state index contributed by atoms with van der Waals surface area (Å²) in [5.41, 5.74) is 2.32. The van der Waals surface area contributed by atoms with Crippen LogP contribution in [0, 0.1) is 12.8 Å². The fourth-order valence-corrected chi connectivity index (χ4v) is 3.99. The number of rotatable bonds is 9. The van der Waals surface area contributed by atoms with E-state index in [2.05, 4.69) is 5.32 Å². The molecular weight excluding hydrogens is 422 g/mol. The number of para-hydroxylation sites is 1. The number of nitrogens with zero attached hydrogens (tertiary/aromatic N) is 2. The summed E-state index contributed by atoms with van der Waals surface area (Å²) >= 11 is 0. The summed E-state index contributed by atoms with van der Waals surface area (Å²) in [6.45, 7) is 4.52. The summed E-state index contributed by atoms with van der Waals surface area (Å²) in [6, 6.07) is 12.7. The maximum Gasteiger partial charge on any atom is 0.244 e. The quantitative estimate of drug-likeness (QED) is 0.630. The van der Waals surface area contributed by atoms with E-state index in [-0.39, 0.29) is 37.2 Å². The van der Waals surface area contributed by atoms with Crippen molar-refractivity contribution in [3.8, 4) is 11.5 Å². The molecule has 1 N–H and O–H groups in total. The van der Waals surface area contributed by atoms with E-state index >= 15 is 0 Å². The topological polar surface area (TPSA) is 88.2 Å². The van der Waals surface area contributed by atoms with Gasteiger partial charge in [0.2, 0.25) is 17.7 Å². The lowest BCUT2D eigenvalue weighted by Crippen LogP contribution is -2.42. The van der Waals surface area contributed by atoms with E-state index in [0.717, 1.165) is 11.3 Å². The number of carbonyl (C=O) groups is 3. The van der Waals surface area contributed by atoms with Gasteiger partial charge in [-0.25, -0.2) is 0 Å². The summed E-state index contributed by atoms with van der Waals surface area (Å²) in [4.78, 5) is 41.8. The zero-order chi connectivity index (χ0) is 24.0. The Morgan fingerprint density at radius 2 is 1.85 bits per heavy atom. The predicted octanol–water partition coefficient (Wildman–Crippen LogP) is 3.24. The van der Waals surface area contributed by atoms with Crippen LogP contribution in [-0.4, -0.2) is 56.5 Å². The number of carbonyl (C=O) groups excluding carboxylic acids is 3. The minimum absolute atomic E-state index is 0.0535. The molecule has 0 saturated carbocycles. The third-order valence-corrected chi connectivity index (χ3v) is 5.71. The molecule has 176 valence electrons. The van der Waals surface area contributed by atoms with Crippen LogP contribution >= 0.6 is 0 Å². The molecule has 3 rings (SSSR count). The fourth-order valence-electron chi connectivity index (χ4n) is 3.99. The number of aryl methyl sites for hydroxylation is 1. The zero-order valence-corrected chi connectivity index (χ0v) is 19.6. The molecule has 1 fully saturated rings. The highest BCUT2D eigenvalue weighted by molar-refractivity contribution is 6.01. The molecule has 0 aromatic heterocycles. The van der Waals surface area contributed by atoms with Crippen LogP contribution in [0.3, 0.4) is 0 Å². The standard InChI is InChI=1S/C25H31N3O5/c1-5-12-27(16-23(29)26-20-9-7-6-8-17(20)2)25(31)18-13-24(30)28(15-18)19-10-11-21(32-3)22(14-19)33-4/h6-11,14,18H,5,12-13,15-16H2,1-4H3,(H,26,29). The molecule has 3 amide bonds. The van der Waals surface area contributed by atoms with Crippen molar-refractivity contribution in [2.75, 3.05) is 44.1 Å². The highest BCUT2D eigenvalue weighted by atomic mass is 16.5. The van der Waals surface area contributed by atoms with Crippen LogP contribution in [0.15, 0.2) is 42.5 Å². The highest BCUT2D eigenvalue weighted by Gasteiger charge is 2.37. The van der Waals surface area contributed by atoms with Gasteiger partial charge < -0.3 is 24.6 Å². The molecule has 8 nitrogen and oxygen atoms in total. The Balaban J connectivity index is 1.69. The first-order valence-corrected chi connectivity index (χ1v) is 11.0. The van der Waals surface area contributed by atoms with Crippen LogP contribution in [0.4, 0.5) is 11.4 Å². The maximum atomic E-state index is 13.3. The van der Waals surface area contributed by atoms with E-state index in [4.69, 9.17) is 9.47 Å². The number of ether oxygens (including phenoxy) is 2. The Hall–Kier alpha value is -3.55. The molecule has 0 radical (unpaired) electrons. The highest BCUT2D eigenvalue weighted by Crippen LogP contribution is 2.34. The lowest BCUT2D eigenvalue weighted by Gasteiger charge is -2.25. The molecule has 1 unspecified atom stereocenters. The first kappa shape index (κ1) is 24.1. The van der Waals surface area contributed by atoms with Gasteiger partial charge in [0.05, 0.1) is 26.7 Å². The van der Waals surface area contributed by atoms with Crippen molar-refractivity contribution in [3.05, 3.63) is 48.0 Å². The molecule has 1 saturated heterocycles. The Bertz CT molecular complexity index is 1020. The maximum absolute atomic E-state index is 13.3. The number of hydrogen-bond acceptors (Lipinski definition) is 5. The van der Waals surface area contributed by atoms with Crippen molar-refractivity contribution in [2.24, 2.45) is 5.92 Å². The van der Waals surface area contributed by atoms with Crippen molar-refractivity contribution in [2.45, 2.75) is 26.7 Å². The molecule has 0 bridgehead atoms. The van der Waals surface area contributed by atoms with E-state index in [1.807, 2.05) is 38.1 Å². The molecular formula is C25H31N3O5. The van der Waals surface area contributed by atoms with Crippen LogP contribution in [0.25, 0.3) is 0 Å². The molecule has 1 aliphatic rings. The molecule has 1 aliphatic heterocycles. The second-order valence-corrected chi connectivity index (χ2v) is 8.07. The third kappa shape index (κ3) is 5.63. The minimum Gasteiger partial charge on any atom is -0.493 e. The van der Waals surface area contributed by atoms with Gasteiger partial charge in [0.25, 0.3) is 0 Å². The SMILES string of the molecule is CCCN(CC(=O)Nc1ccccc1C)C(=O)C1CC(=O)N(c2ccc(OC)c(OC)c2)C1. The third-order valence-electron chi connectivity index (χ3n) is 5.71. The lowest BCUT2D eigenvalue weighted by molar-refractivity contribution is -0.138. The second kappa shape index (κ2) is 10.8. The number of benzene rings is 2. The number of methoxy groups -OCH3 is 2. The van der Waals surface area contributed by atoms with Gasteiger partial charge in [-0.15, -0.1) is 0 Å². The first-order valence-electron chi connectivity index (χ1n) is 11.0. The Kier molecular flexibility index (Phi) is 7.92. The molecule has 0 aliphatic carbocycles. The van der Waals surface area contributed by atoms with Crippen LogP contribution in [0.5, 0.6) is 11.5 Å². The fraction of sp³-hybridized carbons (Fsp3) is 0.400. The van der Waals surface area contributed by atoms with E-state index in [1.54, 1.807) is 35.1 Å². The van der Waals surface area contributed by atoms with Crippen molar-refractivity contribution in [1.82, 2.24) is 4.90 Å². The Morgan fingerprint density at radius 3 is 2.52 bits per heavy atom. The van der Waals surface area contributed by atoms with Crippen molar-refractivity contribution >= 4 is 29.1 Å². The molecule has 2 aromatic carbocycles. The minimum atomic E-state index is -0.511. The van der Waals surface area contributed by atoms with Gasteiger partial charge in [-0.2, -0.15) is 0 Å². The second-order valence-electron chi connectivity index (χ2n) is 8.07. The average molecular weight is 454 g/mol. The van der Waals surface area contributed by atoms with Gasteiger partial charge in [-0.05, 0) is 37.1 Å². The Labute approximate surface area is 194 Å². The van der Waals surface area contributed by atoms with Crippen LogP contribution in [-0.2, 0) is 14.4 Å². The summed E-state index contributed by atoms with van der Waals surface area (Å²) in [7, 11) is 3.08. The molecule has 8 heteroatoms. The monoisotopic (exact) mass is 453 g/mol. The lowest BCUT2D eigenvalue weighted by atomic mass is 10.1. The summed E-state index contributed by atoms with van der Waals surface area (Å²) in [5.74, 6) is -0.0163. The van der Waals surface area contributed by atoms with Gasteiger partial charge in [0.15, 0.2) is 11.5 Å². The van der Waals surface area contributed by atoms with Gasteiger partial charge >= 0.3 is 0 Å². The van der Waals surface area contributed by atoms with E-state index < -0.39 is 5.92 Å². The van der Waals surface area contributed by atoms with Crippen LogP contribution in [0.2, 0.25) is 0 Å². The summed E-state index contributed by atoms with van der Waals surface area (Å²) in [6.07, 6.45) is 0.816. The molecule has 2 aromatic rings. The zero-order valence-electron chi connectivity index (χ0n) is 19.6. The van der Waals surface area contributed by atoms with Gasteiger partial charge in [0.1, 0.15) is 0 Å². The average Bonchev–Trinajstić information content (AvgIpc) is 3.20. The molecule has 33 heavy (non-hydrogen) atoms. The number of anilines is 2. The molecule has 1 heterocycles. The largest absolute Gasteiger partial charge is 0.493 e. The van der Waals surface area contributed by atoms with Crippen molar-refractivity contribution in [1.29, 1.82) is 0 Å². The van der Waals surface area contributed by atoms with E-state index in [9.17, 15) is 14.4 Å².